The molecular formula is C9H12N2O2. The maximum Gasteiger partial charge on any atom is 0.315 e. The van der Waals surface area contributed by atoms with E-state index in [0.717, 1.165) is 18.6 Å². The summed E-state index contributed by atoms with van der Waals surface area (Å²) >= 11 is 0. The normalized spacial score (nSPS) is 15.4. The lowest BCUT2D eigenvalue weighted by atomic mass is 10.4. The summed E-state index contributed by atoms with van der Waals surface area (Å²) in [5.41, 5.74) is 0. The highest BCUT2D eigenvalue weighted by molar-refractivity contribution is 5.74. The lowest BCUT2D eigenvalue weighted by molar-refractivity contribution is 0.239. The molecule has 4 nitrogen and oxygen atoms in total. The lowest BCUT2D eigenvalue weighted by Crippen LogP contribution is -2.36. The van der Waals surface area contributed by atoms with Gasteiger partial charge < -0.3 is 15.1 Å². The third kappa shape index (κ3) is 2.50. The highest BCUT2D eigenvalue weighted by atomic mass is 16.3. The highest BCUT2D eigenvalue weighted by Crippen LogP contribution is 2.18. The Labute approximate surface area is 76.3 Å². The standard InChI is InChI=1S/C9H12N2O2/c12-9(11-7-3-4-7)10-6-8-2-1-5-13-8/h1-2,5,7H,3-4,6H2,(H2,10,11,12). The van der Waals surface area contributed by atoms with Gasteiger partial charge in [0.2, 0.25) is 0 Å². The van der Waals surface area contributed by atoms with Crippen molar-refractivity contribution in [2.75, 3.05) is 0 Å². The summed E-state index contributed by atoms with van der Waals surface area (Å²) in [7, 11) is 0. The molecule has 0 unspecified atom stereocenters. The fraction of sp³-hybridized carbons (Fsp3) is 0.444. The van der Waals surface area contributed by atoms with Gasteiger partial charge in [-0.15, -0.1) is 0 Å². The Morgan fingerprint density at radius 2 is 2.46 bits per heavy atom. The Kier molecular flexibility index (Phi) is 2.21. The molecule has 0 atom stereocenters. The summed E-state index contributed by atoms with van der Waals surface area (Å²) in [5.74, 6) is 0.769. The van der Waals surface area contributed by atoms with Crippen LogP contribution in [0.1, 0.15) is 18.6 Å². The SMILES string of the molecule is O=C(NCc1ccco1)NC1CC1. The minimum absolute atomic E-state index is 0.112. The fourth-order valence-electron chi connectivity index (χ4n) is 1.04. The zero-order chi connectivity index (χ0) is 9.10. The minimum atomic E-state index is -0.112. The largest absolute Gasteiger partial charge is 0.467 e. The zero-order valence-electron chi connectivity index (χ0n) is 7.25. The number of carbonyl (C=O) groups excluding carboxylic acids is 1. The number of hydrogen-bond acceptors (Lipinski definition) is 2. The van der Waals surface area contributed by atoms with E-state index >= 15 is 0 Å². The molecule has 1 heterocycles. The van der Waals surface area contributed by atoms with E-state index in [1.165, 1.54) is 0 Å². The van der Waals surface area contributed by atoms with E-state index < -0.39 is 0 Å². The Balaban J connectivity index is 1.69. The van der Waals surface area contributed by atoms with Gasteiger partial charge in [-0.3, -0.25) is 0 Å². The van der Waals surface area contributed by atoms with Gasteiger partial charge in [0.1, 0.15) is 5.76 Å². The predicted molar refractivity (Wildman–Crippen MR) is 47.1 cm³/mol. The van der Waals surface area contributed by atoms with Crippen LogP contribution < -0.4 is 10.6 Å². The van der Waals surface area contributed by atoms with Crippen molar-refractivity contribution in [2.45, 2.75) is 25.4 Å². The fourth-order valence-corrected chi connectivity index (χ4v) is 1.04. The molecule has 1 aromatic rings. The maximum absolute atomic E-state index is 11.1. The molecular weight excluding hydrogens is 168 g/mol. The van der Waals surface area contributed by atoms with Crippen molar-refractivity contribution in [3.63, 3.8) is 0 Å². The molecule has 1 fully saturated rings. The van der Waals surface area contributed by atoms with Crippen LogP contribution in [-0.4, -0.2) is 12.1 Å². The average molecular weight is 180 g/mol. The van der Waals surface area contributed by atoms with E-state index in [1.54, 1.807) is 12.3 Å². The van der Waals surface area contributed by atoms with E-state index in [-0.39, 0.29) is 6.03 Å². The molecule has 2 rings (SSSR count). The predicted octanol–water partition coefficient (Wildman–Crippen LogP) is 1.24. The van der Waals surface area contributed by atoms with Crippen LogP contribution in [0.3, 0.4) is 0 Å². The molecule has 0 radical (unpaired) electrons. The summed E-state index contributed by atoms with van der Waals surface area (Å²) in [5, 5.41) is 5.54. The van der Waals surface area contributed by atoms with Gasteiger partial charge in [-0.1, -0.05) is 0 Å². The van der Waals surface area contributed by atoms with Gasteiger partial charge in [0.15, 0.2) is 0 Å². The monoisotopic (exact) mass is 180 g/mol. The molecule has 1 aliphatic carbocycles. The average Bonchev–Trinajstić information content (AvgIpc) is 2.78. The lowest BCUT2D eigenvalue weighted by Gasteiger charge is -2.03. The van der Waals surface area contributed by atoms with E-state index in [1.807, 2.05) is 6.07 Å². The number of hydrogen-bond donors (Lipinski definition) is 2. The molecule has 0 saturated heterocycles. The van der Waals surface area contributed by atoms with Crippen molar-refractivity contribution in [3.05, 3.63) is 24.2 Å². The van der Waals surface area contributed by atoms with Gasteiger partial charge in [-0.05, 0) is 25.0 Å². The van der Waals surface area contributed by atoms with Gasteiger partial charge in [0.05, 0.1) is 12.8 Å². The van der Waals surface area contributed by atoms with Crippen LogP contribution in [0.25, 0.3) is 0 Å². The molecule has 2 N–H and O–H groups in total. The van der Waals surface area contributed by atoms with Crippen molar-refractivity contribution in [2.24, 2.45) is 0 Å². The number of carbonyl (C=O) groups is 1. The summed E-state index contributed by atoms with van der Waals surface area (Å²) in [6.45, 7) is 0.450. The molecule has 0 aromatic carbocycles. The van der Waals surface area contributed by atoms with Gasteiger partial charge in [-0.2, -0.15) is 0 Å². The second-order valence-corrected chi connectivity index (χ2v) is 3.18. The van der Waals surface area contributed by atoms with Crippen LogP contribution in [0, 0.1) is 0 Å². The first-order valence-corrected chi connectivity index (χ1v) is 4.41. The maximum atomic E-state index is 11.1. The van der Waals surface area contributed by atoms with Crippen molar-refractivity contribution in [1.29, 1.82) is 0 Å². The smallest absolute Gasteiger partial charge is 0.315 e. The van der Waals surface area contributed by atoms with Crippen LogP contribution in [0.4, 0.5) is 4.79 Å². The summed E-state index contributed by atoms with van der Waals surface area (Å²) in [6.07, 6.45) is 3.80. The second kappa shape index (κ2) is 3.51. The Morgan fingerprint density at radius 1 is 1.62 bits per heavy atom. The van der Waals surface area contributed by atoms with Crippen LogP contribution in [0.2, 0.25) is 0 Å². The van der Waals surface area contributed by atoms with Crippen molar-refractivity contribution in [3.8, 4) is 0 Å². The van der Waals surface area contributed by atoms with E-state index in [4.69, 9.17) is 4.42 Å². The van der Waals surface area contributed by atoms with E-state index in [9.17, 15) is 4.79 Å². The quantitative estimate of drug-likeness (QED) is 0.735. The van der Waals surface area contributed by atoms with Crippen molar-refractivity contribution < 1.29 is 9.21 Å². The molecule has 2 amide bonds. The molecule has 13 heavy (non-hydrogen) atoms. The number of furan rings is 1. The van der Waals surface area contributed by atoms with Gasteiger partial charge >= 0.3 is 6.03 Å². The number of rotatable bonds is 3. The molecule has 1 saturated carbocycles. The van der Waals surface area contributed by atoms with Crippen molar-refractivity contribution >= 4 is 6.03 Å². The molecule has 70 valence electrons. The summed E-state index contributed by atoms with van der Waals surface area (Å²) < 4.78 is 5.06. The molecule has 4 heteroatoms. The van der Waals surface area contributed by atoms with E-state index in [2.05, 4.69) is 10.6 Å². The number of nitrogens with one attached hydrogen (secondary N) is 2. The number of amides is 2. The molecule has 1 aromatic heterocycles. The number of urea groups is 1. The highest BCUT2D eigenvalue weighted by Gasteiger charge is 2.22. The first-order chi connectivity index (χ1) is 6.34. The zero-order valence-corrected chi connectivity index (χ0v) is 7.25. The van der Waals surface area contributed by atoms with Gasteiger partial charge in [0, 0.05) is 6.04 Å². The molecule has 0 aliphatic heterocycles. The van der Waals surface area contributed by atoms with Crippen LogP contribution in [0.5, 0.6) is 0 Å². The minimum Gasteiger partial charge on any atom is -0.467 e. The topological polar surface area (TPSA) is 54.3 Å². The van der Waals surface area contributed by atoms with Gasteiger partial charge in [0.25, 0.3) is 0 Å². The third-order valence-corrected chi connectivity index (χ3v) is 1.92. The second-order valence-electron chi connectivity index (χ2n) is 3.18. The van der Waals surface area contributed by atoms with Gasteiger partial charge in [-0.25, -0.2) is 4.79 Å². The Hall–Kier alpha value is -1.45. The van der Waals surface area contributed by atoms with Crippen LogP contribution in [-0.2, 0) is 6.54 Å². The summed E-state index contributed by atoms with van der Waals surface area (Å²) in [6, 6.07) is 3.92. The Bertz CT molecular complexity index is 278. The third-order valence-electron chi connectivity index (χ3n) is 1.92. The first-order valence-electron chi connectivity index (χ1n) is 4.41. The van der Waals surface area contributed by atoms with Crippen LogP contribution >= 0.6 is 0 Å². The van der Waals surface area contributed by atoms with E-state index in [0.29, 0.717) is 12.6 Å². The van der Waals surface area contributed by atoms with Crippen LogP contribution in [0.15, 0.2) is 22.8 Å². The molecule has 1 aliphatic rings. The van der Waals surface area contributed by atoms with Crippen molar-refractivity contribution in [1.82, 2.24) is 10.6 Å². The Morgan fingerprint density at radius 3 is 3.08 bits per heavy atom. The molecule has 0 bridgehead atoms. The first kappa shape index (κ1) is 8.16. The molecule has 0 spiro atoms. The summed E-state index contributed by atoms with van der Waals surface area (Å²) in [4.78, 5) is 11.1.